The van der Waals surface area contributed by atoms with Crippen molar-refractivity contribution < 1.29 is 28.6 Å². The Hall–Kier alpha value is -3.75. The quantitative estimate of drug-likeness (QED) is 0.531. The number of carbonyl (C=O) groups excluding carboxylic acids is 3. The van der Waals surface area contributed by atoms with E-state index in [2.05, 4.69) is 16.0 Å². The Morgan fingerprint density at radius 1 is 0.879 bits per heavy atom. The summed E-state index contributed by atoms with van der Waals surface area (Å²) in [5.74, 6) is 0.284. The molecule has 0 bridgehead atoms. The molecule has 0 saturated carbocycles. The second kappa shape index (κ2) is 11.8. The van der Waals surface area contributed by atoms with Gasteiger partial charge in [0.1, 0.15) is 22.7 Å². The molecule has 0 radical (unpaired) electrons. The Kier molecular flexibility index (Phi) is 9.08. The predicted molar refractivity (Wildman–Crippen MR) is 125 cm³/mol. The summed E-state index contributed by atoms with van der Waals surface area (Å²) in [6.07, 6.45) is -0.454. The molecular formula is C24H31N3O6. The van der Waals surface area contributed by atoms with E-state index in [4.69, 9.17) is 14.2 Å². The van der Waals surface area contributed by atoms with Gasteiger partial charge in [-0.15, -0.1) is 0 Å². The summed E-state index contributed by atoms with van der Waals surface area (Å²) in [6, 6.07) is 12.2. The lowest BCUT2D eigenvalue weighted by atomic mass is 10.1. The van der Waals surface area contributed by atoms with Crippen molar-refractivity contribution in [3.05, 3.63) is 53.6 Å². The van der Waals surface area contributed by atoms with Crippen LogP contribution >= 0.6 is 0 Å². The number of amides is 3. The summed E-state index contributed by atoms with van der Waals surface area (Å²) in [7, 11) is 2.98. The molecule has 9 heteroatoms. The average molecular weight is 458 g/mol. The van der Waals surface area contributed by atoms with Gasteiger partial charge < -0.3 is 30.2 Å². The number of rotatable bonds is 9. The molecule has 0 fully saturated rings. The first-order valence-corrected chi connectivity index (χ1v) is 10.5. The van der Waals surface area contributed by atoms with Gasteiger partial charge in [0.25, 0.3) is 5.91 Å². The van der Waals surface area contributed by atoms with Gasteiger partial charge in [-0.05, 0) is 50.6 Å². The highest BCUT2D eigenvalue weighted by Gasteiger charge is 2.18. The van der Waals surface area contributed by atoms with E-state index >= 15 is 0 Å². The van der Waals surface area contributed by atoms with Gasteiger partial charge in [-0.1, -0.05) is 18.2 Å². The van der Waals surface area contributed by atoms with Crippen molar-refractivity contribution >= 4 is 23.6 Å². The molecular weight excluding hydrogens is 426 g/mol. The zero-order valence-corrected chi connectivity index (χ0v) is 19.6. The van der Waals surface area contributed by atoms with Crippen LogP contribution in [-0.4, -0.2) is 44.3 Å². The summed E-state index contributed by atoms with van der Waals surface area (Å²) >= 11 is 0. The van der Waals surface area contributed by atoms with E-state index in [1.165, 1.54) is 14.2 Å². The first-order chi connectivity index (χ1) is 15.6. The fraction of sp³-hybridized carbons (Fsp3) is 0.375. The van der Waals surface area contributed by atoms with Crippen LogP contribution in [0.2, 0.25) is 0 Å². The Morgan fingerprint density at radius 2 is 1.48 bits per heavy atom. The first-order valence-electron chi connectivity index (χ1n) is 10.5. The number of hydrogen-bond acceptors (Lipinski definition) is 6. The van der Waals surface area contributed by atoms with Gasteiger partial charge >= 0.3 is 6.09 Å². The highest BCUT2D eigenvalue weighted by molar-refractivity contribution is 5.99. The zero-order chi connectivity index (χ0) is 24.4. The third kappa shape index (κ3) is 8.36. The topological polar surface area (TPSA) is 115 Å². The fourth-order valence-corrected chi connectivity index (χ4v) is 2.87. The minimum atomic E-state index is -0.590. The van der Waals surface area contributed by atoms with Gasteiger partial charge in [0.05, 0.1) is 14.2 Å². The number of benzene rings is 2. The van der Waals surface area contributed by atoms with Crippen LogP contribution in [0.15, 0.2) is 42.5 Å². The van der Waals surface area contributed by atoms with Gasteiger partial charge in [-0.2, -0.15) is 0 Å². The average Bonchev–Trinajstić information content (AvgIpc) is 2.76. The molecule has 0 heterocycles. The van der Waals surface area contributed by atoms with Gasteiger partial charge in [-0.3, -0.25) is 9.59 Å². The monoisotopic (exact) mass is 457 g/mol. The molecule has 0 aromatic heterocycles. The molecule has 3 N–H and O–H groups in total. The van der Waals surface area contributed by atoms with Crippen LogP contribution in [0.1, 0.15) is 43.1 Å². The maximum Gasteiger partial charge on any atom is 0.407 e. The molecule has 2 aromatic carbocycles. The lowest BCUT2D eigenvalue weighted by molar-refractivity contribution is -0.116. The number of methoxy groups -OCH3 is 2. The number of alkyl carbamates (subject to hydrolysis) is 1. The third-order valence-electron chi connectivity index (χ3n) is 4.37. The predicted octanol–water partition coefficient (Wildman–Crippen LogP) is 3.49. The van der Waals surface area contributed by atoms with Crippen molar-refractivity contribution in [1.82, 2.24) is 10.6 Å². The van der Waals surface area contributed by atoms with E-state index in [0.29, 0.717) is 22.7 Å². The van der Waals surface area contributed by atoms with Crippen LogP contribution in [0.5, 0.6) is 11.5 Å². The lowest BCUT2D eigenvalue weighted by Crippen LogP contribution is -2.34. The van der Waals surface area contributed by atoms with Crippen LogP contribution < -0.4 is 25.4 Å². The van der Waals surface area contributed by atoms with Crippen LogP contribution in [0, 0.1) is 0 Å². The number of anilines is 1. The minimum absolute atomic E-state index is 0.109. The van der Waals surface area contributed by atoms with Crippen molar-refractivity contribution in [2.45, 2.75) is 39.3 Å². The van der Waals surface area contributed by atoms with Crippen molar-refractivity contribution in [1.29, 1.82) is 0 Å². The van der Waals surface area contributed by atoms with Crippen LogP contribution in [-0.2, 0) is 16.1 Å². The van der Waals surface area contributed by atoms with E-state index < -0.39 is 11.7 Å². The number of nitrogens with one attached hydrogen (secondary N) is 3. The molecule has 0 saturated heterocycles. The van der Waals surface area contributed by atoms with E-state index in [1.54, 1.807) is 63.2 Å². The van der Waals surface area contributed by atoms with Gasteiger partial charge in [0.15, 0.2) is 0 Å². The number of carbonyl (C=O) groups is 3. The lowest BCUT2D eigenvalue weighted by Gasteiger charge is -2.19. The van der Waals surface area contributed by atoms with Crippen LogP contribution in [0.25, 0.3) is 0 Å². The van der Waals surface area contributed by atoms with Crippen LogP contribution in [0.4, 0.5) is 10.5 Å². The van der Waals surface area contributed by atoms with Crippen LogP contribution in [0.3, 0.4) is 0 Å². The fourth-order valence-electron chi connectivity index (χ4n) is 2.87. The molecule has 3 amide bonds. The maximum absolute atomic E-state index is 12.6. The molecule has 33 heavy (non-hydrogen) atoms. The molecule has 0 aliphatic carbocycles. The van der Waals surface area contributed by atoms with Gasteiger partial charge in [0, 0.05) is 25.2 Å². The maximum atomic E-state index is 12.6. The molecule has 0 unspecified atom stereocenters. The Morgan fingerprint density at radius 3 is 2.03 bits per heavy atom. The second-order valence-electron chi connectivity index (χ2n) is 8.14. The van der Waals surface area contributed by atoms with Crippen molar-refractivity contribution in [3.8, 4) is 11.5 Å². The number of hydrogen-bond donors (Lipinski definition) is 3. The Labute approximate surface area is 193 Å². The number of ether oxygens (including phenoxy) is 3. The van der Waals surface area contributed by atoms with E-state index in [1.807, 2.05) is 0 Å². The molecule has 2 aromatic rings. The third-order valence-corrected chi connectivity index (χ3v) is 4.37. The van der Waals surface area contributed by atoms with Crippen molar-refractivity contribution in [2.75, 3.05) is 26.1 Å². The summed E-state index contributed by atoms with van der Waals surface area (Å²) in [4.78, 5) is 36.3. The normalized spacial score (nSPS) is 10.7. The van der Waals surface area contributed by atoms with Gasteiger partial charge in [-0.25, -0.2) is 4.79 Å². The largest absolute Gasteiger partial charge is 0.496 e. The van der Waals surface area contributed by atoms with Gasteiger partial charge in [0.2, 0.25) is 5.91 Å². The smallest absolute Gasteiger partial charge is 0.407 e. The highest BCUT2D eigenvalue weighted by Crippen LogP contribution is 2.28. The zero-order valence-electron chi connectivity index (χ0n) is 19.6. The first kappa shape index (κ1) is 25.5. The molecule has 0 spiro atoms. The summed E-state index contributed by atoms with van der Waals surface area (Å²) in [6.45, 7) is 5.75. The van der Waals surface area contributed by atoms with Crippen molar-refractivity contribution in [3.63, 3.8) is 0 Å². The van der Waals surface area contributed by atoms with E-state index in [9.17, 15) is 14.4 Å². The van der Waals surface area contributed by atoms with E-state index in [-0.39, 0.29) is 31.3 Å². The summed E-state index contributed by atoms with van der Waals surface area (Å²) in [5.41, 5.74) is 1.19. The summed E-state index contributed by atoms with van der Waals surface area (Å²) < 4.78 is 15.6. The van der Waals surface area contributed by atoms with Crippen molar-refractivity contribution in [2.24, 2.45) is 0 Å². The second-order valence-corrected chi connectivity index (χ2v) is 8.14. The highest BCUT2D eigenvalue weighted by atomic mass is 16.6. The molecule has 178 valence electrons. The molecule has 0 aliphatic heterocycles. The SMILES string of the molecule is COc1cccc(OC)c1C(=O)NCc1ccc(NC(=O)CCNC(=O)OC(C)(C)C)cc1. The Balaban J connectivity index is 1.83. The molecule has 2 rings (SSSR count). The molecule has 0 atom stereocenters. The molecule has 9 nitrogen and oxygen atoms in total. The summed E-state index contributed by atoms with van der Waals surface area (Å²) in [5, 5.41) is 8.14. The molecule has 0 aliphatic rings. The standard InChI is InChI=1S/C24H31N3O6/c1-24(2,3)33-23(30)25-14-13-20(28)27-17-11-9-16(10-12-17)15-26-22(29)21-18(31-4)7-6-8-19(21)32-5/h6-12H,13-15H2,1-5H3,(H,25,30)(H,26,29)(H,27,28). The van der Waals surface area contributed by atoms with E-state index in [0.717, 1.165) is 5.56 Å². The minimum Gasteiger partial charge on any atom is -0.496 e. The Bertz CT molecular complexity index is 945.